The molecule has 1 aromatic heterocycles. The zero-order valence-corrected chi connectivity index (χ0v) is 9.48. The molecule has 0 radical (unpaired) electrons. The van der Waals surface area contributed by atoms with E-state index in [-0.39, 0.29) is 12.4 Å². The fourth-order valence-corrected chi connectivity index (χ4v) is 1.57. The van der Waals surface area contributed by atoms with Gasteiger partial charge in [-0.15, -0.1) is 0 Å². The van der Waals surface area contributed by atoms with Gasteiger partial charge in [-0.25, -0.2) is 0 Å². The van der Waals surface area contributed by atoms with Gasteiger partial charge < -0.3 is 15.7 Å². The van der Waals surface area contributed by atoms with Gasteiger partial charge in [0, 0.05) is 25.9 Å². The van der Waals surface area contributed by atoms with Gasteiger partial charge >= 0.3 is 0 Å². The molecule has 0 aromatic carbocycles. The summed E-state index contributed by atoms with van der Waals surface area (Å²) >= 11 is 0. The molecule has 0 unspecified atom stereocenters. The fraction of sp³-hybridized carbons (Fsp3) is 0.455. The number of rotatable bonds is 6. The molecule has 0 bridgehead atoms. The van der Waals surface area contributed by atoms with Crippen molar-refractivity contribution in [1.29, 1.82) is 5.41 Å². The van der Waals surface area contributed by atoms with E-state index in [1.54, 1.807) is 6.20 Å². The predicted octanol–water partition coefficient (Wildman–Crippen LogP) is 0.574. The lowest BCUT2D eigenvalue weighted by Gasteiger charge is -2.24. The Kier molecular flexibility index (Phi) is 4.72. The van der Waals surface area contributed by atoms with Crippen molar-refractivity contribution in [3.05, 3.63) is 24.0 Å². The van der Waals surface area contributed by atoms with Crippen LogP contribution in [0, 0.1) is 5.41 Å². The van der Waals surface area contributed by atoms with E-state index in [1.807, 2.05) is 19.1 Å². The van der Waals surface area contributed by atoms with Crippen molar-refractivity contribution >= 4 is 11.5 Å². The lowest BCUT2D eigenvalue weighted by atomic mass is 10.2. The van der Waals surface area contributed by atoms with Gasteiger partial charge in [0.05, 0.1) is 5.69 Å². The molecule has 5 heteroatoms. The minimum absolute atomic E-state index is 0.0296. The second kappa shape index (κ2) is 6.07. The van der Waals surface area contributed by atoms with Crippen LogP contribution in [0.2, 0.25) is 0 Å². The van der Waals surface area contributed by atoms with Crippen molar-refractivity contribution in [2.75, 3.05) is 24.6 Å². The van der Waals surface area contributed by atoms with Crippen molar-refractivity contribution in [1.82, 2.24) is 4.98 Å². The summed E-state index contributed by atoms with van der Waals surface area (Å²) in [5.74, 6) is -0.0296. The van der Waals surface area contributed by atoms with Crippen molar-refractivity contribution in [3.8, 4) is 0 Å². The van der Waals surface area contributed by atoms with Gasteiger partial charge in [-0.2, -0.15) is 0 Å². The van der Waals surface area contributed by atoms with Gasteiger partial charge in [0.1, 0.15) is 11.5 Å². The highest BCUT2D eigenvalue weighted by Crippen LogP contribution is 2.17. The first-order valence-corrected chi connectivity index (χ1v) is 5.36. The van der Waals surface area contributed by atoms with E-state index < -0.39 is 0 Å². The van der Waals surface area contributed by atoms with Gasteiger partial charge in [0.15, 0.2) is 0 Å². The van der Waals surface area contributed by atoms with E-state index in [0.717, 1.165) is 18.8 Å². The highest BCUT2D eigenvalue weighted by molar-refractivity contribution is 5.98. The zero-order chi connectivity index (χ0) is 12.0. The molecule has 0 fully saturated rings. The van der Waals surface area contributed by atoms with Crippen molar-refractivity contribution in [2.24, 2.45) is 5.73 Å². The van der Waals surface area contributed by atoms with Crippen LogP contribution in [0.15, 0.2) is 18.3 Å². The van der Waals surface area contributed by atoms with E-state index in [4.69, 9.17) is 16.2 Å². The monoisotopic (exact) mass is 222 g/mol. The fourth-order valence-electron chi connectivity index (χ4n) is 1.57. The van der Waals surface area contributed by atoms with E-state index in [9.17, 15) is 0 Å². The normalized spacial score (nSPS) is 10.1. The lowest BCUT2D eigenvalue weighted by molar-refractivity contribution is 0.289. The minimum atomic E-state index is -0.0296. The third kappa shape index (κ3) is 2.93. The average molecular weight is 222 g/mol. The molecular formula is C11H18N4O. The Balaban J connectivity index is 2.94. The first-order valence-electron chi connectivity index (χ1n) is 5.36. The predicted molar refractivity (Wildman–Crippen MR) is 64.8 cm³/mol. The summed E-state index contributed by atoms with van der Waals surface area (Å²) in [5.41, 5.74) is 6.84. The molecule has 0 aliphatic heterocycles. The Labute approximate surface area is 95.4 Å². The number of aliphatic hydroxyl groups is 1. The number of aliphatic hydroxyl groups excluding tert-OH is 1. The number of hydrogen-bond donors (Lipinski definition) is 3. The Morgan fingerprint density at radius 3 is 2.94 bits per heavy atom. The summed E-state index contributed by atoms with van der Waals surface area (Å²) in [6, 6.07) is 3.72. The molecule has 0 saturated carbocycles. The van der Waals surface area contributed by atoms with E-state index in [0.29, 0.717) is 12.1 Å². The highest BCUT2D eigenvalue weighted by Gasteiger charge is 2.11. The number of nitrogens with one attached hydrogen (secondary N) is 1. The Morgan fingerprint density at radius 2 is 2.38 bits per heavy atom. The smallest absolute Gasteiger partial charge is 0.143 e. The summed E-state index contributed by atoms with van der Waals surface area (Å²) in [7, 11) is 0. The molecule has 0 atom stereocenters. The third-order valence-corrected chi connectivity index (χ3v) is 2.35. The van der Waals surface area contributed by atoms with Crippen LogP contribution in [-0.4, -0.2) is 35.6 Å². The topological polar surface area (TPSA) is 86.2 Å². The van der Waals surface area contributed by atoms with Crippen molar-refractivity contribution < 1.29 is 5.11 Å². The second-order valence-corrected chi connectivity index (χ2v) is 3.44. The van der Waals surface area contributed by atoms with Crippen molar-refractivity contribution in [2.45, 2.75) is 13.3 Å². The van der Waals surface area contributed by atoms with Gasteiger partial charge in [0.2, 0.25) is 0 Å². The maximum absolute atomic E-state index is 8.83. The summed E-state index contributed by atoms with van der Waals surface area (Å²) in [4.78, 5) is 6.16. The molecule has 1 heterocycles. The first-order chi connectivity index (χ1) is 7.70. The number of hydrogen-bond acceptors (Lipinski definition) is 4. The molecule has 0 aliphatic carbocycles. The Morgan fingerprint density at radius 1 is 1.62 bits per heavy atom. The molecule has 16 heavy (non-hydrogen) atoms. The molecule has 4 N–H and O–H groups in total. The number of nitrogen functional groups attached to an aromatic ring is 1. The number of aromatic nitrogens is 1. The summed E-state index contributed by atoms with van der Waals surface area (Å²) < 4.78 is 0. The van der Waals surface area contributed by atoms with Gasteiger partial charge in [-0.3, -0.25) is 10.4 Å². The van der Waals surface area contributed by atoms with Gasteiger partial charge in [-0.05, 0) is 25.5 Å². The Hall–Kier alpha value is -1.62. The number of pyridine rings is 1. The van der Waals surface area contributed by atoms with Crippen LogP contribution in [0.5, 0.6) is 0 Å². The largest absolute Gasteiger partial charge is 0.396 e. The van der Waals surface area contributed by atoms with Crippen LogP contribution in [-0.2, 0) is 0 Å². The molecule has 5 nitrogen and oxygen atoms in total. The summed E-state index contributed by atoms with van der Waals surface area (Å²) in [6.07, 6.45) is 2.32. The summed E-state index contributed by atoms with van der Waals surface area (Å²) in [6.45, 7) is 3.71. The first kappa shape index (κ1) is 12.4. The van der Waals surface area contributed by atoms with Crippen LogP contribution < -0.4 is 10.6 Å². The molecule has 0 aliphatic rings. The molecule has 0 amide bonds. The molecular weight excluding hydrogens is 204 g/mol. The molecule has 1 rings (SSSR count). The third-order valence-electron chi connectivity index (χ3n) is 2.35. The number of amidine groups is 1. The van der Waals surface area contributed by atoms with Gasteiger partial charge in [-0.1, -0.05) is 0 Å². The average Bonchev–Trinajstić information content (AvgIpc) is 2.30. The SMILES string of the molecule is CCN(CCCO)c1cccnc1C(=N)N. The second-order valence-electron chi connectivity index (χ2n) is 3.44. The maximum atomic E-state index is 8.83. The number of nitrogens with zero attached hydrogens (tertiary/aromatic N) is 2. The van der Waals surface area contributed by atoms with Crippen LogP contribution in [0.4, 0.5) is 5.69 Å². The molecule has 0 saturated heterocycles. The lowest BCUT2D eigenvalue weighted by Crippen LogP contribution is -2.28. The standard InChI is InChI=1S/C11H18N4O/c1-2-15(7-4-8-16)9-5-3-6-14-10(9)11(12)13/h3,5-6,16H,2,4,7-8H2,1H3,(H3,12,13). The quantitative estimate of drug-likeness (QED) is 0.485. The highest BCUT2D eigenvalue weighted by atomic mass is 16.3. The molecule has 0 spiro atoms. The maximum Gasteiger partial charge on any atom is 0.143 e. The van der Waals surface area contributed by atoms with Crippen LogP contribution in [0.25, 0.3) is 0 Å². The molecule has 88 valence electrons. The van der Waals surface area contributed by atoms with Gasteiger partial charge in [0.25, 0.3) is 0 Å². The van der Waals surface area contributed by atoms with Crippen molar-refractivity contribution in [3.63, 3.8) is 0 Å². The van der Waals surface area contributed by atoms with Crippen LogP contribution in [0.1, 0.15) is 19.0 Å². The van der Waals surface area contributed by atoms with E-state index >= 15 is 0 Å². The minimum Gasteiger partial charge on any atom is -0.396 e. The van der Waals surface area contributed by atoms with Crippen LogP contribution >= 0.6 is 0 Å². The number of anilines is 1. The molecule has 1 aromatic rings. The van der Waals surface area contributed by atoms with E-state index in [2.05, 4.69) is 9.88 Å². The summed E-state index contributed by atoms with van der Waals surface area (Å²) in [5, 5.41) is 16.3. The van der Waals surface area contributed by atoms with E-state index in [1.165, 1.54) is 0 Å². The zero-order valence-electron chi connectivity index (χ0n) is 9.48. The Bertz CT molecular complexity index is 354. The van der Waals surface area contributed by atoms with Crippen LogP contribution in [0.3, 0.4) is 0 Å². The number of nitrogens with two attached hydrogens (primary N) is 1.